The lowest BCUT2D eigenvalue weighted by atomic mass is 9.99. The minimum absolute atomic E-state index is 0.0732. The van der Waals surface area contributed by atoms with E-state index in [0.29, 0.717) is 17.4 Å². The van der Waals surface area contributed by atoms with Gasteiger partial charge in [0.25, 0.3) is 5.91 Å². The number of benzene rings is 1. The molecular formula is C15H16N4O. The zero-order valence-electron chi connectivity index (χ0n) is 11.1. The molecule has 1 fully saturated rings. The maximum absolute atomic E-state index is 12.3. The first-order valence-corrected chi connectivity index (χ1v) is 6.67. The molecule has 0 bridgehead atoms. The summed E-state index contributed by atoms with van der Waals surface area (Å²) in [5, 5.41) is 7.58. The van der Waals surface area contributed by atoms with E-state index in [1.165, 1.54) is 5.56 Å². The average molecular weight is 268 g/mol. The second kappa shape index (κ2) is 5.28. The Morgan fingerprint density at radius 3 is 2.65 bits per heavy atom. The van der Waals surface area contributed by atoms with Gasteiger partial charge in [-0.15, -0.1) is 10.2 Å². The van der Waals surface area contributed by atoms with Crippen molar-refractivity contribution in [3.63, 3.8) is 0 Å². The fourth-order valence-electron chi connectivity index (χ4n) is 2.56. The van der Waals surface area contributed by atoms with Gasteiger partial charge in [-0.2, -0.15) is 0 Å². The number of carbonyl (C=O) groups excluding carboxylic acids is 1. The highest BCUT2D eigenvalue weighted by Crippen LogP contribution is 2.27. The van der Waals surface area contributed by atoms with E-state index in [1.807, 2.05) is 23.1 Å². The maximum Gasteiger partial charge on any atom is 0.274 e. The van der Waals surface area contributed by atoms with Gasteiger partial charge >= 0.3 is 0 Å². The van der Waals surface area contributed by atoms with Gasteiger partial charge in [0.1, 0.15) is 5.82 Å². The van der Waals surface area contributed by atoms with Crippen LogP contribution in [0.4, 0.5) is 5.82 Å². The number of carbonyl (C=O) groups is 1. The van der Waals surface area contributed by atoms with Crippen molar-refractivity contribution >= 4 is 11.7 Å². The van der Waals surface area contributed by atoms with E-state index in [4.69, 9.17) is 5.73 Å². The SMILES string of the molecule is Nc1ccc(C(=O)N2CCC(c3ccccc3)C2)nn1. The number of nitrogens with two attached hydrogens (primary N) is 1. The Hall–Kier alpha value is -2.43. The molecule has 5 heteroatoms. The van der Waals surface area contributed by atoms with Crippen LogP contribution in [0.1, 0.15) is 28.4 Å². The molecule has 1 atom stereocenters. The van der Waals surface area contributed by atoms with Crippen LogP contribution in [-0.2, 0) is 0 Å². The Balaban J connectivity index is 1.71. The van der Waals surface area contributed by atoms with Crippen molar-refractivity contribution in [1.82, 2.24) is 15.1 Å². The summed E-state index contributed by atoms with van der Waals surface area (Å²) in [6.07, 6.45) is 0.984. The average Bonchev–Trinajstić information content (AvgIpc) is 2.98. The van der Waals surface area contributed by atoms with Crippen molar-refractivity contribution in [2.24, 2.45) is 0 Å². The van der Waals surface area contributed by atoms with Gasteiger partial charge in [-0.05, 0) is 24.1 Å². The zero-order chi connectivity index (χ0) is 13.9. The molecule has 0 aliphatic carbocycles. The monoisotopic (exact) mass is 268 g/mol. The molecule has 1 saturated heterocycles. The molecule has 0 saturated carbocycles. The van der Waals surface area contributed by atoms with Crippen LogP contribution in [0.2, 0.25) is 0 Å². The van der Waals surface area contributed by atoms with Crippen molar-refractivity contribution < 1.29 is 4.79 Å². The molecule has 2 aromatic rings. The number of likely N-dealkylation sites (tertiary alicyclic amines) is 1. The lowest BCUT2D eigenvalue weighted by molar-refractivity contribution is 0.0784. The normalized spacial score (nSPS) is 18.2. The van der Waals surface area contributed by atoms with Crippen LogP contribution in [-0.4, -0.2) is 34.1 Å². The third kappa shape index (κ3) is 2.47. The third-order valence-electron chi connectivity index (χ3n) is 3.65. The van der Waals surface area contributed by atoms with Crippen LogP contribution in [0.25, 0.3) is 0 Å². The van der Waals surface area contributed by atoms with Crippen molar-refractivity contribution in [3.8, 4) is 0 Å². The highest BCUT2D eigenvalue weighted by molar-refractivity contribution is 5.92. The summed E-state index contributed by atoms with van der Waals surface area (Å²) in [5.41, 5.74) is 7.12. The van der Waals surface area contributed by atoms with Gasteiger partial charge in [-0.3, -0.25) is 4.79 Å². The summed E-state index contributed by atoms with van der Waals surface area (Å²) in [6, 6.07) is 13.5. The predicted octanol–water partition coefficient (Wildman–Crippen LogP) is 1.69. The van der Waals surface area contributed by atoms with Crippen molar-refractivity contribution in [3.05, 3.63) is 53.7 Å². The van der Waals surface area contributed by atoms with E-state index in [1.54, 1.807) is 12.1 Å². The lowest BCUT2D eigenvalue weighted by Gasteiger charge is -2.16. The summed E-state index contributed by atoms with van der Waals surface area (Å²) < 4.78 is 0. The summed E-state index contributed by atoms with van der Waals surface area (Å²) in [5.74, 6) is 0.656. The second-order valence-corrected chi connectivity index (χ2v) is 4.99. The van der Waals surface area contributed by atoms with E-state index >= 15 is 0 Å². The minimum atomic E-state index is -0.0732. The fourth-order valence-corrected chi connectivity index (χ4v) is 2.56. The first kappa shape index (κ1) is 12.6. The highest BCUT2D eigenvalue weighted by Gasteiger charge is 2.28. The molecule has 0 radical (unpaired) electrons. The first-order valence-electron chi connectivity index (χ1n) is 6.67. The molecule has 1 aromatic carbocycles. The largest absolute Gasteiger partial charge is 0.382 e. The van der Waals surface area contributed by atoms with Crippen molar-refractivity contribution in [1.29, 1.82) is 0 Å². The van der Waals surface area contributed by atoms with Gasteiger partial charge in [0, 0.05) is 19.0 Å². The molecule has 3 rings (SSSR count). The van der Waals surface area contributed by atoms with Crippen LogP contribution in [0.5, 0.6) is 0 Å². The molecular weight excluding hydrogens is 252 g/mol. The van der Waals surface area contributed by atoms with Crippen molar-refractivity contribution in [2.45, 2.75) is 12.3 Å². The Kier molecular flexibility index (Phi) is 3.33. The van der Waals surface area contributed by atoms with E-state index in [0.717, 1.165) is 19.5 Å². The second-order valence-electron chi connectivity index (χ2n) is 4.99. The molecule has 20 heavy (non-hydrogen) atoms. The first-order chi connectivity index (χ1) is 9.74. The van der Waals surface area contributed by atoms with E-state index in [-0.39, 0.29) is 5.91 Å². The molecule has 1 aromatic heterocycles. The number of rotatable bonds is 2. The highest BCUT2D eigenvalue weighted by atomic mass is 16.2. The summed E-state index contributed by atoms with van der Waals surface area (Å²) in [7, 11) is 0. The Morgan fingerprint density at radius 1 is 1.15 bits per heavy atom. The van der Waals surface area contributed by atoms with Crippen LogP contribution in [0.3, 0.4) is 0 Å². The van der Waals surface area contributed by atoms with Gasteiger partial charge in [0.2, 0.25) is 0 Å². The summed E-state index contributed by atoms with van der Waals surface area (Å²) in [6.45, 7) is 1.49. The quantitative estimate of drug-likeness (QED) is 0.899. The van der Waals surface area contributed by atoms with Crippen LogP contribution in [0, 0.1) is 0 Å². The van der Waals surface area contributed by atoms with E-state index in [9.17, 15) is 4.79 Å². The van der Waals surface area contributed by atoms with Gasteiger partial charge in [-0.1, -0.05) is 30.3 Å². The number of hydrogen-bond donors (Lipinski definition) is 1. The van der Waals surface area contributed by atoms with E-state index < -0.39 is 0 Å². The Labute approximate surface area is 117 Å². The fraction of sp³-hybridized carbons (Fsp3) is 0.267. The zero-order valence-corrected chi connectivity index (χ0v) is 11.1. The number of nitrogens with zero attached hydrogens (tertiary/aromatic N) is 3. The molecule has 1 aliphatic rings. The molecule has 2 N–H and O–H groups in total. The number of aromatic nitrogens is 2. The number of hydrogen-bond acceptors (Lipinski definition) is 4. The lowest BCUT2D eigenvalue weighted by Crippen LogP contribution is -2.29. The van der Waals surface area contributed by atoms with Gasteiger partial charge < -0.3 is 10.6 Å². The molecule has 5 nitrogen and oxygen atoms in total. The minimum Gasteiger partial charge on any atom is -0.382 e. The van der Waals surface area contributed by atoms with Crippen LogP contribution in [0.15, 0.2) is 42.5 Å². The number of anilines is 1. The Morgan fingerprint density at radius 2 is 1.95 bits per heavy atom. The molecule has 1 amide bonds. The number of nitrogen functional groups attached to an aromatic ring is 1. The maximum atomic E-state index is 12.3. The molecule has 1 aliphatic heterocycles. The van der Waals surface area contributed by atoms with Gasteiger partial charge in [0.15, 0.2) is 5.69 Å². The van der Waals surface area contributed by atoms with Crippen LogP contribution < -0.4 is 5.73 Å². The number of amides is 1. The summed E-state index contributed by atoms with van der Waals surface area (Å²) in [4.78, 5) is 14.1. The summed E-state index contributed by atoms with van der Waals surface area (Å²) >= 11 is 0. The third-order valence-corrected chi connectivity index (χ3v) is 3.65. The van der Waals surface area contributed by atoms with E-state index in [2.05, 4.69) is 22.3 Å². The van der Waals surface area contributed by atoms with Crippen LogP contribution >= 0.6 is 0 Å². The van der Waals surface area contributed by atoms with Gasteiger partial charge in [0.05, 0.1) is 0 Å². The molecule has 0 spiro atoms. The molecule has 2 heterocycles. The van der Waals surface area contributed by atoms with Crippen molar-refractivity contribution in [2.75, 3.05) is 18.8 Å². The van der Waals surface area contributed by atoms with Gasteiger partial charge in [-0.25, -0.2) is 0 Å². The molecule has 102 valence electrons. The topological polar surface area (TPSA) is 72.1 Å². The smallest absolute Gasteiger partial charge is 0.274 e. The predicted molar refractivity (Wildman–Crippen MR) is 76.1 cm³/mol. The Bertz CT molecular complexity index is 597. The standard InChI is InChI=1S/C15H16N4O/c16-14-7-6-13(17-18-14)15(20)19-9-8-12(10-19)11-4-2-1-3-5-11/h1-7,12H,8-10H2,(H2,16,18). The molecule has 1 unspecified atom stereocenters.